The second kappa shape index (κ2) is 7.14. The quantitative estimate of drug-likeness (QED) is 0.898. The first-order valence-corrected chi connectivity index (χ1v) is 8.18. The molecule has 0 saturated carbocycles. The van der Waals surface area contributed by atoms with Crippen LogP contribution in [-0.2, 0) is 5.41 Å². The lowest BCUT2D eigenvalue weighted by Crippen LogP contribution is -2.38. The first-order valence-electron chi connectivity index (χ1n) is 8.18. The van der Waals surface area contributed by atoms with Crippen molar-refractivity contribution in [1.82, 2.24) is 10.2 Å². The number of rotatable bonds is 3. The van der Waals surface area contributed by atoms with Gasteiger partial charge in [0, 0.05) is 12.2 Å². The highest BCUT2D eigenvalue weighted by atomic mass is 16.2. The van der Waals surface area contributed by atoms with Crippen LogP contribution in [-0.4, -0.2) is 37.6 Å². The molecule has 1 fully saturated rings. The molecule has 4 heteroatoms. The molecule has 122 valence electrons. The summed E-state index contributed by atoms with van der Waals surface area (Å²) in [7, 11) is 2.15. The Morgan fingerprint density at radius 2 is 1.77 bits per heavy atom. The third-order valence-electron chi connectivity index (χ3n) is 4.40. The van der Waals surface area contributed by atoms with E-state index in [0.717, 1.165) is 38.2 Å². The number of likely N-dealkylation sites (tertiary alicyclic amines) is 1. The van der Waals surface area contributed by atoms with Gasteiger partial charge in [0.25, 0.3) is 0 Å². The molecule has 2 N–H and O–H groups in total. The summed E-state index contributed by atoms with van der Waals surface area (Å²) in [5.41, 5.74) is 2.24. The summed E-state index contributed by atoms with van der Waals surface area (Å²) in [4.78, 5) is 14.3. The van der Waals surface area contributed by atoms with Crippen molar-refractivity contribution in [3.8, 4) is 0 Å². The van der Waals surface area contributed by atoms with Crippen molar-refractivity contribution in [2.75, 3.05) is 32.0 Å². The van der Waals surface area contributed by atoms with Crippen molar-refractivity contribution in [2.45, 2.75) is 39.0 Å². The van der Waals surface area contributed by atoms with E-state index in [9.17, 15) is 4.79 Å². The third kappa shape index (κ3) is 5.02. The molecule has 2 rings (SSSR count). The number of benzene rings is 1. The van der Waals surface area contributed by atoms with Crippen LogP contribution in [0.4, 0.5) is 10.5 Å². The van der Waals surface area contributed by atoms with E-state index in [4.69, 9.17) is 0 Å². The molecule has 0 unspecified atom stereocenters. The lowest BCUT2D eigenvalue weighted by Gasteiger charge is -2.28. The number of piperidine rings is 1. The second-order valence-electron chi connectivity index (χ2n) is 7.41. The maximum atomic E-state index is 12.0. The first-order chi connectivity index (χ1) is 10.3. The molecular weight excluding hydrogens is 274 g/mol. The molecular formula is C18H29N3O. The summed E-state index contributed by atoms with van der Waals surface area (Å²) in [6, 6.07) is 7.98. The highest BCUT2D eigenvalue weighted by Crippen LogP contribution is 2.23. The van der Waals surface area contributed by atoms with Gasteiger partial charge < -0.3 is 15.5 Å². The number of nitrogens with zero attached hydrogens (tertiary/aromatic N) is 1. The molecule has 0 radical (unpaired) electrons. The zero-order chi connectivity index (χ0) is 16.2. The summed E-state index contributed by atoms with van der Waals surface area (Å²) < 4.78 is 0. The van der Waals surface area contributed by atoms with Crippen molar-refractivity contribution < 1.29 is 4.79 Å². The van der Waals surface area contributed by atoms with Crippen molar-refractivity contribution in [3.05, 3.63) is 29.8 Å². The monoisotopic (exact) mass is 303 g/mol. The van der Waals surface area contributed by atoms with Crippen molar-refractivity contribution in [2.24, 2.45) is 5.92 Å². The van der Waals surface area contributed by atoms with Crippen LogP contribution in [0.25, 0.3) is 0 Å². The molecule has 4 nitrogen and oxygen atoms in total. The lowest BCUT2D eigenvalue weighted by molar-refractivity contribution is 0.213. The summed E-state index contributed by atoms with van der Waals surface area (Å²) >= 11 is 0. The number of nitrogens with one attached hydrogen (secondary N) is 2. The normalized spacial score (nSPS) is 17.3. The predicted molar refractivity (Wildman–Crippen MR) is 92.4 cm³/mol. The number of anilines is 1. The van der Waals surface area contributed by atoms with Crippen LogP contribution in [0.1, 0.15) is 39.2 Å². The van der Waals surface area contributed by atoms with E-state index in [2.05, 4.69) is 55.5 Å². The van der Waals surface area contributed by atoms with Crippen molar-refractivity contribution in [3.63, 3.8) is 0 Å². The lowest BCUT2D eigenvalue weighted by atomic mass is 9.87. The van der Waals surface area contributed by atoms with Crippen LogP contribution >= 0.6 is 0 Å². The van der Waals surface area contributed by atoms with Crippen molar-refractivity contribution in [1.29, 1.82) is 0 Å². The average Bonchev–Trinajstić information content (AvgIpc) is 2.46. The summed E-state index contributed by atoms with van der Waals surface area (Å²) in [5, 5.41) is 5.90. The molecule has 1 saturated heterocycles. The maximum absolute atomic E-state index is 12.0. The molecule has 0 atom stereocenters. The Morgan fingerprint density at radius 1 is 1.18 bits per heavy atom. The van der Waals surface area contributed by atoms with E-state index in [-0.39, 0.29) is 11.4 Å². The molecule has 0 spiro atoms. The Labute approximate surface area is 134 Å². The largest absolute Gasteiger partial charge is 0.338 e. The minimum atomic E-state index is -0.109. The molecule has 1 heterocycles. The van der Waals surface area contributed by atoms with Crippen LogP contribution in [0.3, 0.4) is 0 Å². The third-order valence-corrected chi connectivity index (χ3v) is 4.40. The van der Waals surface area contributed by atoms with Crippen LogP contribution in [0.15, 0.2) is 24.3 Å². The minimum absolute atomic E-state index is 0.109. The number of hydrogen-bond donors (Lipinski definition) is 2. The molecule has 0 aromatic heterocycles. The van der Waals surface area contributed by atoms with Crippen LogP contribution < -0.4 is 10.6 Å². The van der Waals surface area contributed by atoms with E-state index < -0.39 is 0 Å². The Kier molecular flexibility index (Phi) is 5.46. The Bertz CT molecular complexity index is 482. The molecule has 0 bridgehead atoms. The van der Waals surface area contributed by atoms with Gasteiger partial charge in [-0.3, -0.25) is 0 Å². The van der Waals surface area contributed by atoms with Crippen LogP contribution in [0, 0.1) is 5.92 Å². The number of carbonyl (C=O) groups excluding carboxylic acids is 1. The van der Waals surface area contributed by atoms with Crippen LogP contribution in [0.5, 0.6) is 0 Å². The Balaban J connectivity index is 1.77. The highest BCUT2D eigenvalue weighted by molar-refractivity contribution is 5.89. The van der Waals surface area contributed by atoms with Gasteiger partial charge in [-0.25, -0.2) is 4.79 Å². The standard InChI is InChI=1S/C18H29N3O/c1-18(2,3)15-5-7-16(8-6-15)20-17(22)19-13-14-9-11-21(4)12-10-14/h5-8,14H,9-13H2,1-4H3,(H2,19,20,22). The van der Waals surface area contributed by atoms with Gasteiger partial charge in [0.15, 0.2) is 0 Å². The Morgan fingerprint density at radius 3 is 2.32 bits per heavy atom. The number of urea groups is 1. The average molecular weight is 303 g/mol. The van der Waals surface area contributed by atoms with Gasteiger partial charge in [-0.1, -0.05) is 32.9 Å². The maximum Gasteiger partial charge on any atom is 0.319 e. The topological polar surface area (TPSA) is 44.4 Å². The molecule has 22 heavy (non-hydrogen) atoms. The first kappa shape index (κ1) is 16.8. The van der Waals surface area contributed by atoms with Gasteiger partial charge in [0.2, 0.25) is 0 Å². The molecule has 2 amide bonds. The molecule has 1 aromatic carbocycles. The van der Waals surface area contributed by atoms with E-state index in [0.29, 0.717) is 5.92 Å². The van der Waals surface area contributed by atoms with E-state index in [1.165, 1.54) is 5.56 Å². The van der Waals surface area contributed by atoms with Crippen LogP contribution in [0.2, 0.25) is 0 Å². The number of carbonyl (C=O) groups is 1. The van der Waals surface area contributed by atoms with Gasteiger partial charge >= 0.3 is 6.03 Å². The molecule has 0 aliphatic carbocycles. The second-order valence-corrected chi connectivity index (χ2v) is 7.41. The fourth-order valence-corrected chi connectivity index (χ4v) is 2.73. The van der Waals surface area contributed by atoms with Gasteiger partial charge in [0.05, 0.1) is 0 Å². The minimum Gasteiger partial charge on any atom is -0.338 e. The van der Waals surface area contributed by atoms with Crippen molar-refractivity contribution >= 4 is 11.7 Å². The smallest absolute Gasteiger partial charge is 0.319 e. The number of hydrogen-bond acceptors (Lipinski definition) is 2. The zero-order valence-corrected chi connectivity index (χ0v) is 14.3. The van der Waals surface area contributed by atoms with E-state index in [1.54, 1.807) is 0 Å². The zero-order valence-electron chi connectivity index (χ0n) is 14.3. The van der Waals surface area contributed by atoms with Gasteiger partial charge in [0.1, 0.15) is 0 Å². The molecule has 1 aromatic rings. The fourth-order valence-electron chi connectivity index (χ4n) is 2.73. The van der Waals surface area contributed by atoms with Gasteiger partial charge in [-0.05, 0) is 62.0 Å². The molecule has 1 aliphatic rings. The van der Waals surface area contributed by atoms with E-state index in [1.807, 2.05) is 12.1 Å². The van der Waals surface area contributed by atoms with Gasteiger partial charge in [-0.15, -0.1) is 0 Å². The van der Waals surface area contributed by atoms with E-state index >= 15 is 0 Å². The predicted octanol–water partition coefficient (Wildman–Crippen LogP) is 3.45. The molecule has 1 aliphatic heterocycles. The summed E-state index contributed by atoms with van der Waals surface area (Å²) in [6.45, 7) is 9.57. The Hall–Kier alpha value is -1.55. The highest BCUT2D eigenvalue weighted by Gasteiger charge is 2.17. The summed E-state index contributed by atoms with van der Waals surface area (Å²) in [6.07, 6.45) is 2.33. The van der Waals surface area contributed by atoms with Gasteiger partial charge in [-0.2, -0.15) is 0 Å². The summed E-state index contributed by atoms with van der Waals surface area (Å²) in [5.74, 6) is 0.602. The fraction of sp³-hybridized carbons (Fsp3) is 0.611. The SMILES string of the molecule is CN1CCC(CNC(=O)Nc2ccc(C(C)(C)C)cc2)CC1. The number of amides is 2.